The van der Waals surface area contributed by atoms with E-state index in [0.29, 0.717) is 12.4 Å². The molecule has 0 unspecified atom stereocenters. The van der Waals surface area contributed by atoms with E-state index in [1.54, 1.807) is 7.11 Å². The van der Waals surface area contributed by atoms with E-state index in [2.05, 4.69) is 4.40 Å². The topological polar surface area (TPSA) is 59.0 Å². The number of nitrogens with zero attached hydrogens (tertiary/aromatic N) is 2. The predicted octanol–water partition coefficient (Wildman–Crippen LogP) is 2.27. The predicted molar refractivity (Wildman–Crippen MR) is 87.5 cm³/mol. The van der Waals surface area contributed by atoms with Crippen molar-refractivity contribution in [3.05, 3.63) is 47.2 Å². The maximum atomic E-state index is 11.9. The molecule has 2 aliphatic heterocycles. The molecule has 5 nitrogen and oxygen atoms in total. The van der Waals surface area contributed by atoms with Gasteiger partial charge in [-0.2, -0.15) is 0 Å². The van der Waals surface area contributed by atoms with Gasteiger partial charge in [0.1, 0.15) is 5.75 Å². The van der Waals surface area contributed by atoms with Gasteiger partial charge in [0, 0.05) is 18.3 Å². The fourth-order valence-corrected chi connectivity index (χ4v) is 3.86. The van der Waals surface area contributed by atoms with Gasteiger partial charge in [-0.15, -0.1) is 4.40 Å². The van der Waals surface area contributed by atoms with Gasteiger partial charge in [-0.05, 0) is 54.8 Å². The highest BCUT2D eigenvalue weighted by molar-refractivity contribution is 7.90. The Labute approximate surface area is 130 Å². The van der Waals surface area contributed by atoms with Crippen LogP contribution in [0.2, 0.25) is 0 Å². The van der Waals surface area contributed by atoms with Crippen LogP contribution in [0.1, 0.15) is 16.7 Å². The van der Waals surface area contributed by atoms with Crippen molar-refractivity contribution >= 4 is 21.4 Å². The van der Waals surface area contributed by atoms with Gasteiger partial charge in [-0.3, -0.25) is 0 Å². The summed E-state index contributed by atoms with van der Waals surface area (Å²) in [6, 6.07) is 3.90. The summed E-state index contributed by atoms with van der Waals surface area (Å²) in [5.41, 5.74) is 3.91. The first-order chi connectivity index (χ1) is 10.4. The van der Waals surface area contributed by atoms with Crippen molar-refractivity contribution in [2.75, 3.05) is 19.4 Å². The summed E-state index contributed by atoms with van der Waals surface area (Å²) in [5.74, 6) is 1.35. The molecule has 2 heterocycles. The number of aryl methyl sites for hydroxylation is 2. The summed E-state index contributed by atoms with van der Waals surface area (Å²) in [7, 11) is -1.75. The summed E-state index contributed by atoms with van der Waals surface area (Å²) in [6.07, 6.45) is 5.71. The Hall–Kier alpha value is -2.08. The quantitative estimate of drug-likeness (QED) is 0.839. The SMILES string of the molecule is COc1cc(C)c(C2=CC=CN3CCS(=O)(=O)N=C23)c(C)c1. The Kier molecular flexibility index (Phi) is 3.56. The lowest BCUT2D eigenvalue weighted by Gasteiger charge is -2.30. The van der Waals surface area contributed by atoms with Crippen molar-refractivity contribution in [1.82, 2.24) is 4.90 Å². The number of ether oxygens (including phenoxy) is 1. The molecule has 3 rings (SSSR count). The zero-order chi connectivity index (χ0) is 15.9. The smallest absolute Gasteiger partial charge is 0.256 e. The fraction of sp³-hybridized carbons (Fsp3) is 0.312. The summed E-state index contributed by atoms with van der Waals surface area (Å²) < 4.78 is 33.0. The largest absolute Gasteiger partial charge is 0.497 e. The lowest BCUT2D eigenvalue weighted by Crippen LogP contribution is -2.37. The summed E-state index contributed by atoms with van der Waals surface area (Å²) in [4.78, 5) is 1.89. The minimum absolute atomic E-state index is 0.0503. The van der Waals surface area contributed by atoms with Gasteiger partial charge >= 0.3 is 0 Å². The normalized spacial score (nSPS) is 19.3. The molecule has 22 heavy (non-hydrogen) atoms. The van der Waals surface area contributed by atoms with Crippen LogP contribution in [0.3, 0.4) is 0 Å². The molecule has 0 bridgehead atoms. The van der Waals surface area contributed by atoms with Crippen molar-refractivity contribution in [1.29, 1.82) is 0 Å². The molecule has 0 saturated carbocycles. The molecular weight excluding hydrogens is 300 g/mol. The molecule has 0 atom stereocenters. The van der Waals surface area contributed by atoms with Gasteiger partial charge in [-0.25, -0.2) is 8.42 Å². The molecule has 0 spiro atoms. The number of hydrogen-bond acceptors (Lipinski definition) is 4. The lowest BCUT2D eigenvalue weighted by molar-refractivity contribution is 0.414. The second-order valence-electron chi connectivity index (χ2n) is 5.45. The van der Waals surface area contributed by atoms with Gasteiger partial charge in [0.2, 0.25) is 0 Å². The molecule has 1 aromatic rings. The molecule has 0 aliphatic carbocycles. The molecule has 116 valence electrons. The molecule has 0 fully saturated rings. The number of benzene rings is 1. The zero-order valence-corrected chi connectivity index (χ0v) is 13.6. The Bertz CT molecular complexity index is 797. The average Bonchev–Trinajstić information content (AvgIpc) is 2.46. The monoisotopic (exact) mass is 318 g/mol. The molecule has 1 aromatic carbocycles. The molecular formula is C16H18N2O3S. The highest BCUT2D eigenvalue weighted by atomic mass is 32.2. The van der Waals surface area contributed by atoms with E-state index in [1.165, 1.54) is 0 Å². The Morgan fingerprint density at radius 1 is 1.23 bits per heavy atom. The third-order valence-electron chi connectivity index (χ3n) is 3.87. The first-order valence-corrected chi connectivity index (χ1v) is 8.66. The number of allylic oxidation sites excluding steroid dienone is 2. The van der Waals surface area contributed by atoms with Crippen LogP contribution in [0.15, 0.2) is 34.9 Å². The van der Waals surface area contributed by atoms with Gasteiger partial charge in [0.25, 0.3) is 10.0 Å². The van der Waals surface area contributed by atoms with E-state index >= 15 is 0 Å². The van der Waals surface area contributed by atoms with Crippen LogP contribution in [-0.2, 0) is 10.0 Å². The minimum atomic E-state index is -3.39. The molecule has 2 aliphatic rings. The lowest BCUT2D eigenvalue weighted by atomic mass is 9.93. The maximum Gasteiger partial charge on any atom is 0.256 e. The van der Waals surface area contributed by atoms with Crippen LogP contribution in [0, 0.1) is 13.8 Å². The number of fused-ring (bicyclic) bond motifs is 1. The first-order valence-electron chi connectivity index (χ1n) is 7.05. The fourth-order valence-electron chi connectivity index (χ4n) is 2.88. The third kappa shape index (κ3) is 2.54. The highest BCUT2D eigenvalue weighted by Gasteiger charge is 2.28. The van der Waals surface area contributed by atoms with E-state index in [0.717, 1.165) is 28.0 Å². The average molecular weight is 318 g/mol. The van der Waals surface area contributed by atoms with Crippen molar-refractivity contribution in [2.24, 2.45) is 4.40 Å². The maximum absolute atomic E-state index is 11.9. The van der Waals surface area contributed by atoms with Crippen LogP contribution in [0.25, 0.3) is 5.57 Å². The van der Waals surface area contributed by atoms with E-state index in [9.17, 15) is 8.42 Å². The van der Waals surface area contributed by atoms with Crippen molar-refractivity contribution in [2.45, 2.75) is 13.8 Å². The van der Waals surface area contributed by atoms with Gasteiger partial charge in [-0.1, -0.05) is 0 Å². The summed E-state index contributed by atoms with van der Waals surface area (Å²) >= 11 is 0. The molecule has 0 aromatic heterocycles. The summed E-state index contributed by atoms with van der Waals surface area (Å²) in [5, 5.41) is 0. The standard InChI is InChI=1S/C16H18N2O3S/c1-11-9-13(21-3)10-12(2)15(11)14-5-4-6-18-7-8-22(19,20)17-16(14)18/h4-6,9-10H,7-8H2,1-3H3. The number of sulfonamides is 1. The molecule has 0 N–H and O–H groups in total. The van der Waals surface area contributed by atoms with Gasteiger partial charge in [0.05, 0.1) is 12.9 Å². The second-order valence-corrected chi connectivity index (χ2v) is 7.21. The Morgan fingerprint density at radius 3 is 2.55 bits per heavy atom. The van der Waals surface area contributed by atoms with Crippen LogP contribution in [0.4, 0.5) is 0 Å². The van der Waals surface area contributed by atoms with Crippen LogP contribution in [-0.4, -0.2) is 38.6 Å². The molecule has 0 amide bonds. The molecule has 0 saturated heterocycles. The molecule has 0 radical (unpaired) electrons. The van der Waals surface area contributed by atoms with Gasteiger partial charge in [0.15, 0.2) is 5.84 Å². The van der Waals surface area contributed by atoms with Gasteiger partial charge < -0.3 is 9.64 Å². The number of hydrogen-bond donors (Lipinski definition) is 0. The highest BCUT2D eigenvalue weighted by Crippen LogP contribution is 2.32. The zero-order valence-electron chi connectivity index (χ0n) is 12.8. The van der Waals surface area contributed by atoms with E-state index in [-0.39, 0.29) is 5.75 Å². The number of amidine groups is 1. The minimum Gasteiger partial charge on any atom is -0.497 e. The van der Waals surface area contributed by atoms with Crippen LogP contribution in [0.5, 0.6) is 5.75 Å². The molecule has 6 heteroatoms. The number of rotatable bonds is 2. The third-order valence-corrected chi connectivity index (χ3v) is 5.02. The Balaban J connectivity index is 2.18. The second kappa shape index (κ2) is 5.28. The number of methoxy groups -OCH3 is 1. The van der Waals surface area contributed by atoms with Crippen molar-refractivity contribution in [3.8, 4) is 5.75 Å². The van der Waals surface area contributed by atoms with Crippen molar-refractivity contribution in [3.63, 3.8) is 0 Å². The van der Waals surface area contributed by atoms with E-state index in [1.807, 2.05) is 49.2 Å². The van der Waals surface area contributed by atoms with Crippen molar-refractivity contribution < 1.29 is 13.2 Å². The Morgan fingerprint density at radius 2 is 1.91 bits per heavy atom. The van der Waals surface area contributed by atoms with Crippen LogP contribution >= 0.6 is 0 Å². The van der Waals surface area contributed by atoms with E-state index < -0.39 is 10.0 Å². The first kappa shape index (κ1) is 14.8. The van der Waals surface area contributed by atoms with Crippen LogP contribution < -0.4 is 4.74 Å². The summed E-state index contributed by atoms with van der Waals surface area (Å²) in [6.45, 7) is 4.42. The van der Waals surface area contributed by atoms with E-state index in [4.69, 9.17) is 4.74 Å².